The van der Waals surface area contributed by atoms with Gasteiger partial charge in [0.2, 0.25) is 0 Å². The van der Waals surface area contributed by atoms with Crippen LogP contribution in [0.2, 0.25) is 0 Å². The minimum atomic E-state index is -0.920. The summed E-state index contributed by atoms with van der Waals surface area (Å²) in [5, 5.41) is 21.9. The van der Waals surface area contributed by atoms with Crippen molar-refractivity contribution < 1.29 is 14.9 Å². The Bertz CT molecular complexity index is 614. The van der Waals surface area contributed by atoms with E-state index in [1.54, 1.807) is 18.3 Å². The Morgan fingerprint density at radius 2 is 1.92 bits per heavy atom. The number of nitrogens with one attached hydrogen (secondary N) is 1. The fourth-order valence-corrected chi connectivity index (χ4v) is 2.30. The summed E-state index contributed by atoms with van der Waals surface area (Å²) in [5.41, 5.74) is 2.82. The molecule has 1 atom stereocenters. The molecule has 0 fully saturated rings. The summed E-state index contributed by atoms with van der Waals surface area (Å²) in [6.07, 6.45) is 1.27. The number of aliphatic hydroxyl groups is 2. The molecule has 1 unspecified atom stereocenters. The zero-order valence-electron chi connectivity index (χ0n) is 14.3. The highest BCUT2D eigenvalue weighted by molar-refractivity contribution is 5.29. The van der Waals surface area contributed by atoms with Gasteiger partial charge in [-0.15, -0.1) is 0 Å². The summed E-state index contributed by atoms with van der Waals surface area (Å²) >= 11 is 0. The molecule has 0 bridgehead atoms. The van der Waals surface area contributed by atoms with Gasteiger partial charge in [-0.3, -0.25) is 10.3 Å². The van der Waals surface area contributed by atoms with E-state index in [4.69, 9.17) is 9.84 Å². The lowest BCUT2D eigenvalue weighted by atomic mass is 10.0. The van der Waals surface area contributed by atoms with Crippen LogP contribution in [0.4, 0.5) is 0 Å². The Labute approximate surface area is 143 Å². The molecule has 5 nitrogen and oxygen atoms in total. The largest absolute Gasteiger partial charge is 0.487 e. The molecule has 0 amide bonds. The van der Waals surface area contributed by atoms with Crippen LogP contribution < -0.4 is 10.1 Å². The molecule has 0 aliphatic rings. The third kappa shape index (κ3) is 5.30. The monoisotopic (exact) mass is 330 g/mol. The van der Waals surface area contributed by atoms with Crippen molar-refractivity contribution in [3.05, 3.63) is 59.4 Å². The lowest BCUT2D eigenvalue weighted by molar-refractivity contribution is 0.125. The summed E-state index contributed by atoms with van der Waals surface area (Å²) in [7, 11) is 0. The summed E-state index contributed by atoms with van der Waals surface area (Å²) < 4.78 is 5.84. The van der Waals surface area contributed by atoms with Gasteiger partial charge in [-0.1, -0.05) is 38.1 Å². The minimum Gasteiger partial charge on any atom is -0.487 e. The lowest BCUT2D eigenvalue weighted by Gasteiger charge is -2.16. The molecule has 0 saturated carbocycles. The molecule has 2 aromatic rings. The van der Waals surface area contributed by atoms with Crippen molar-refractivity contribution in [3.8, 4) is 5.75 Å². The maximum absolute atomic E-state index is 10.2. The quantitative estimate of drug-likeness (QED) is 0.487. The van der Waals surface area contributed by atoms with Gasteiger partial charge in [-0.2, -0.15) is 0 Å². The topological polar surface area (TPSA) is 74.6 Å². The van der Waals surface area contributed by atoms with Gasteiger partial charge in [0.25, 0.3) is 0 Å². The highest BCUT2D eigenvalue weighted by Gasteiger charge is 2.14. The smallest absolute Gasteiger partial charge is 0.151 e. The number of rotatable bonds is 9. The molecule has 1 aromatic heterocycles. The predicted molar refractivity (Wildman–Crippen MR) is 93.8 cm³/mol. The van der Waals surface area contributed by atoms with Gasteiger partial charge >= 0.3 is 0 Å². The van der Waals surface area contributed by atoms with Crippen molar-refractivity contribution >= 4 is 0 Å². The van der Waals surface area contributed by atoms with Crippen molar-refractivity contribution in [3.63, 3.8) is 0 Å². The molecule has 0 radical (unpaired) electrons. The van der Waals surface area contributed by atoms with E-state index < -0.39 is 6.23 Å². The average Bonchev–Trinajstić information content (AvgIpc) is 2.60. The minimum absolute atomic E-state index is 0.0810. The van der Waals surface area contributed by atoms with E-state index in [1.807, 2.05) is 0 Å². The Morgan fingerprint density at radius 3 is 2.58 bits per heavy atom. The van der Waals surface area contributed by atoms with Crippen molar-refractivity contribution in [2.24, 2.45) is 0 Å². The molecule has 1 heterocycles. The molecule has 5 heteroatoms. The van der Waals surface area contributed by atoms with Crippen LogP contribution in [0.1, 0.15) is 49.2 Å². The standard InChI is InChI=1S/C19H26N2O3/c1-14(2)16-8-6-15(7-9-16)13-24-17-5-3-10-20-18(17)19(23)21-11-4-12-22/h3,5-10,14,19,21-23H,4,11-13H2,1-2H3. The highest BCUT2D eigenvalue weighted by Crippen LogP contribution is 2.22. The van der Waals surface area contributed by atoms with Crippen molar-refractivity contribution in [1.82, 2.24) is 10.3 Å². The summed E-state index contributed by atoms with van der Waals surface area (Å²) in [4.78, 5) is 4.21. The second-order valence-electron chi connectivity index (χ2n) is 6.01. The van der Waals surface area contributed by atoms with Crippen LogP contribution in [-0.4, -0.2) is 28.3 Å². The molecule has 24 heavy (non-hydrogen) atoms. The van der Waals surface area contributed by atoms with Gasteiger partial charge < -0.3 is 14.9 Å². The summed E-state index contributed by atoms with van der Waals surface area (Å²) in [6.45, 7) is 5.33. The first-order valence-corrected chi connectivity index (χ1v) is 8.30. The van der Waals surface area contributed by atoms with Crippen LogP contribution >= 0.6 is 0 Å². The number of hydrogen-bond acceptors (Lipinski definition) is 5. The fourth-order valence-electron chi connectivity index (χ4n) is 2.30. The maximum atomic E-state index is 10.2. The van der Waals surface area contributed by atoms with E-state index in [9.17, 15) is 5.11 Å². The molecule has 0 aliphatic carbocycles. The molecule has 0 aliphatic heterocycles. The van der Waals surface area contributed by atoms with Crippen LogP contribution in [0.15, 0.2) is 42.6 Å². The number of benzene rings is 1. The number of aliphatic hydroxyl groups excluding tert-OH is 2. The van der Waals surface area contributed by atoms with E-state index >= 15 is 0 Å². The van der Waals surface area contributed by atoms with Crippen LogP contribution in [0.3, 0.4) is 0 Å². The van der Waals surface area contributed by atoms with E-state index in [1.165, 1.54) is 5.56 Å². The van der Waals surface area contributed by atoms with E-state index in [0.717, 1.165) is 5.56 Å². The number of pyridine rings is 1. The zero-order valence-corrected chi connectivity index (χ0v) is 14.3. The normalized spacial score (nSPS) is 12.4. The third-order valence-corrected chi connectivity index (χ3v) is 3.77. The Morgan fingerprint density at radius 1 is 1.17 bits per heavy atom. The summed E-state index contributed by atoms with van der Waals surface area (Å²) in [5.74, 6) is 1.06. The maximum Gasteiger partial charge on any atom is 0.151 e. The van der Waals surface area contributed by atoms with Crippen LogP contribution in [0, 0.1) is 0 Å². The average molecular weight is 330 g/mol. The predicted octanol–water partition coefficient (Wildman–Crippen LogP) is 2.75. The van der Waals surface area contributed by atoms with Crippen LogP contribution in [0.25, 0.3) is 0 Å². The molecule has 3 N–H and O–H groups in total. The van der Waals surface area contributed by atoms with Gasteiger partial charge in [0.15, 0.2) is 6.23 Å². The zero-order chi connectivity index (χ0) is 17.4. The fraction of sp³-hybridized carbons (Fsp3) is 0.421. The Hall–Kier alpha value is -1.95. The van der Waals surface area contributed by atoms with E-state index in [-0.39, 0.29) is 6.61 Å². The molecular weight excluding hydrogens is 304 g/mol. The Kier molecular flexibility index (Phi) is 7.18. The van der Waals surface area contributed by atoms with Gasteiger partial charge in [0.05, 0.1) is 0 Å². The number of aromatic nitrogens is 1. The molecule has 130 valence electrons. The highest BCUT2D eigenvalue weighted by atomic mass is 16.5. The second kappa shape index (κ2) is 9.37. The molecular formula is C19H26N2O3. The van der Waals surface area contributed by atoms with Crippen LogP contribution in [-0.2, 0) is 6.61 Å². The molecule has 1 aromatic carbocycles. The first-order chi connectivity index (χ1) is 11.6. The third-order valence-electron chi connectivity index (χ3n) is 3.77. The molecule has 0 saturated heterocycles. The van der Waals surface area contributed by atoms with E-state index in [0.29, 0.717) is 36.9 Å². The first-order valence-electron chi connectivity index (χ1n) is 8.30. The van der Waals surface area contributed by atoms with E-state index in [2.05, 4.69) is 48.4 Å². The Balaban J connectivity index is 1.99. The SMILES string of the molecule is CC(C)c1ccc(COc2cccnc2C(O)NCCCO)cc1. The molecule has 2 rings (SSSR count). The number of hydrogen-bond donors (Lipinski definition) is 3. The first kappa shape index (κ1) is 18.4. The van der Waals surface area contributed by atoms with Crippen molar-refractivity contribution in [2.75, 3.05) is 13.2 Å². The second-order valence-corrected chi connectivity index (χ2v) is 6.01. The summed E-state index contributed by atoms with van der Waals surface area (Å²) in [6, 6.07) is 11.9. The van der Waals surface area contributed by atoms with Gasteiger partial charge in [0.1, 0.15) is 18.1 Å². The van der Waals surface area contributed by atoms with Crippen molar-refractivity contribution in [2.45, 2.75) is 39.0 Å². The van der Waals surface area contributed by atoms with Gasteiger partial charge in [-0.05, 0) is 35.6 Å². The van der Waals surface area contributed by atoms with Gasteiger partial charge in [-0.25, -0.2) is 0 Å². The van der Waals surface area contributed by atoms with Gasteiger partial charge in [0, 0.05) is 19.3 Å². The number of ether oxygens (including phenoxy) is 1. The molecule has 0 spiro atoms. The lowest BCUT2D eigenvalue weighted by Crippen LogP contribution is -2.24. The van der Waals surface area contributed by atoms with Crippen LogP contribution in [0.5, 0.6) is 5.75 Å². The number of nitrogens with zero attached hydrogens (tertiary/aromatic N) is 1. The van der Waals surface area contributed by atoms with Crippen molar-refractivity contribution in [1.29, 1.82) is 0 Å².